The van der Waals surface area contributed by atoms with Gasteiger partial charge in [0.15, 0.2) is 0 Å². The van der Waals surface area contributed by atoms with Gasteiger partial charge in [-0.2, -0.15) is 5.26 Å². The number of nitriles is 1. The lowest BCUT2D eigenvalue weighted by atomic mass is 9.88. The van der Waals surface area contributed by atoms with Gasteiger partial charge in [-0.25, -0.2) is 4.98 Å². The fourth-order valence-electron chi connectivity index (χ4n) is 4.71. The van der Waals surface area contributed by atoms with Crippen LogP contribution in [0.5, 0.6) is 0 Å². The molecule has 8 heteroatoms. The van der Waals surface area contributed by atoms with Crippen molar-refractivity contribution in [3.8, 4) is 6.07 Å². The minimum atomic E-state index is -0.844. The van der Waals surface area contributed by atoms with Gasteiger partial charge in [0.2, 0.25) is 5.91 Å². The van der Waals surface area contributed by atoms with E-state index >= 15 is 0 Å². The molecule has 1 amide bonds. The van der Waals surface area contributed by atoms with Gasteiger partial charge in [-0.1, -0.05) is 42.5 Å². The molecule has 0 bridgehead atoms. The Balaban J connectivity index is 1.29. The summed E-state index contributed by atoms with van der Waals surface area (Å²) >= 11 is 0. The summed E-state index contributed by atoms with van der Waals surface area (Å²) in [6.07, 6.45) is 5.36. The number of nitrogens with zero attached hydrogens (tertiary/aromatic N) is 4. The Morgan fingerprint density at radius 1 is 1.03 bits per heavy atom. The molecule has 0 spiro atoms. The van der Waals surface area contributed by atoms with Crippen LogP contribution in [0.4, 0.5) is 0 Å². The summed E-state index contributed by atoms with van der Waals surface area (Å²) in [7, 11) is 0. The fraction of sp³-hybridized carbons (Fsp3) is 0.357. The van der Waals surface area contributed by atoms with Crippen molar-refractivity contribution < 1.29 is 14.7 Å². The molecule has 0 saturated carbocycles. The summed E-state index contributed by atoms with van der Waals surface area (Å²) in [5.74, 6) is -1.83. The number of carbonyl (C=O) groups is 2. The van der Waals surface area contributed by atoms with Crippen LogP contribution in [0.2, 0.25) is 0 Å². The molecule has 0 unspecified atom stereocenters. The Kier molecular flexibility index (Phi) is 8.48. The largest absolute Gasteiger partial charge is 0.481 e. The molecule has 3 aromatic rings. The second-order valence-corrected chi connectivity index (χ2v) is 9.33. The van der Waals surface area contributed by atoms with Gasteiger partial charge < -0.3 is 19.9 Å². The number of hydrogen-bond acceptors (Lipinski definition) is 5. The zero-order chi connectivity index (χ0) is 25.3. The van der Waals surface area contributed by atoms with E-state index in [2.05, 4.69) is 33.4 Å². The van der Waals surface area contributed by atoms with Gasteiger partial charge in [0.25, 0.3) is 0 Å². The Bertz CT molecular complexity index is 1200. The fourth-order valence-corrected chi connectivity index (χ4v) is 4.71. The van der Waals surface area contributed by atoms with Crippen molar-refractivity contribution in [3.63, 3.8) is 0 Å². The Morgan fingerprint density at radius 2 is 1.78 bits per heavy atom. The maximum Gasteiger partial charge on any atom is 0.307 e. The summed E-state index contributed by atoms with van der Waals surface area (Å²) in [5, 5.41) is 21.6. The number of carboxylic acids is 1. The molecule has 8 nitrogen and oxygen atoms in total. The lowest BCUT2D eigenvalue weighted by molar-refractivity contribution is -0.145. The zero-order valence-corrected chi connectivity index (χ0v) is 20.2. The van der Waals surface area contributed by atoms with Gasteiger partial charge in [-0.15, -0.1) is 0 Å². The van der Waals surface area contributed by atoms with Crippen LogP contribution in [-0.4, -0.2) is 57.6 Å². The minimum Gasteiger partial charge on any atom is -0.481 e. The predicted molar refractivity (Wildman–Crippen MR) is 135 cm³/mol. The Morgan fingerprint density at radius 3 is 2.50 bits per heavy atom. The van der Waals surface area contributed by atoms with Gasteiger partial charge in [-0.05, 0) is 36.1 Å². The lowest BCUT2D eigenvalue weighted by Gasteiger charge is -2.35. The first-order valence-corrected chi connectivity index (χ1v) is 12.3. The van der Waals surface area contributed by atoms with Crippen LogP contribution in [0.3, 0.4) is 0 Å². The third-order valence-electron chi connectivity index (χ3n) is 6.72. The van der Waals surface area contributed by atoms with Gasteiger partial charge in [0.05, 0.1) is 29.8 Å². The number of rotatable bonds is 10. The predicted octanol–water partition coefficient (Wildman–Crippen LogP) is 2.73. The highest BCUT2D eigenvalue weighted by Crippen LogP contribution is 2.23. The standard InChI is InChI=1S/C28H31N5O3/c29-15-22-6-8-23(9-7-22)17-33-20-30-16-26(33)10-12-31-27(34)24-14-25(28(35)36)19-32(18-24)13-11-21-4-2-1-3-5-21/h1-9,16,20,24-25H,10-14,17-19H2,(H,31,34)(H,35,36)/t24-,25+/m1/s1. The van der Waals surface area contributed by atoms with Gasteiger partial charge in [0, 0.05) is 51.0 Å². The number of hydrogen-bond donors (Lipinski definition) is 2. The van der Waals surface area contributed by atoms with Crippen molar-refractivity contribution in [2.75, 3.05) is 26.2 Å². The van der Waals surface area contributed by atoms with E-state index in [1.54, 1.807) is 24.7 Å². The number of benzene rings is 2. The smallest absolute Gasteiger partial charge is 0.307 e. The second kappa shape index (κ2) is 12.1. The van der Waals surface area contributed by atoms with E-state index in [-0.39, 0.29) is 11.8 Å². The highest BCUT2D eigenvalue weighted by Gasteiger charge is 2.34. The lowest BCUT2D eigenvalue weighted by Crippen LogP contribution is -2.49. The molecule has 2 atom stereocenters. The summed E-state index contributed by atoms with van der Waals surface area (Å²) in [5.41, 5.74) is 3.89. The van der Waals surface area contributed by atoms with Crippen LogP contribution in [-0.2, 0) is 29.0 Å². The van der Waals surface area contributed by atoms with Crippen molar-refractivity contribution >= 4 is 11.9 Å². The van der Waals surface area contributed by atoms with E-state index in [1.807, 2.05) is 34.9 Å². The first-order valence-electron chi connectivity index (χ1n) is 12.3. The first-order chi connectivity index (χ1) is 17.5. The number of piperidine rings is 1. The van der Waals surface area contributed by atoms with Crippen LogP contribution >= 0.6 is 0 Å². The molecular formula is C28H31N5O3. The van der Waals surface area contributed by atoms with E-state index in [9.17, 15) is 14.7 Å². The van der Waals surface area contributed by atoms with Gasteiger partial charge >= 0.3 is 5.97 Å². The molecule has 1 fully saturated rings. The average molecular weight is 486 g/mol. The van der Waals surface area contributed by atoms with Crippen molar-refractivity contribution in [2.24, 2.45) is 11.8 Å². The molecule has 1 aliphatic heterocycles. The van der Waals surface area contributed by atoms with E-state index in [4.69, 9.17) is 5.26 Å². The average Bonchev–Trinajstić information content (AvgIpc) is 3.34. The molecule has 2 heterocycles. The molecule has 0 radical (unpaired) electrons. The van der Waals surface area contributed by atoms with Crippen LogP contribution in [0.25, 0.3) is 0 Å². The molecule has 1 saturated heterocycles. The number of aromatic nitrogens is 2. The summed E-state index contributed by atoms with van der Waals surface area (Å²) in [6.45, 7) is 2.86. The van der Waals surface area contributed by atoms with Crippen LogP contribution in [0.1, 0.15) is 28.8 Å². The van der Waals surface area contributed by atoms with Gasteiger partial charge in [0.1, 0.15) is 0 Å². The molecular weight excluding hydrogens is 454 g/mol. The Hall–Kier alpha value is -3.96. The van der Waals surface area contributed by atoms with Crippen LogP contribution in [0.15, 0.2) is 67.1 Å². The molecule has 2 N–H and O–H groups in total. The van der Waals surface area contributed by atoms with Crippen molar-refractivity contribution in [1.29, 1.82) is 5.26 Å². The van der Waals surface area contributed by atoms with Crippen molar-refractivity contribution in [1.82, 2.24) is 19.8 Å². The van der Waals surface area contributed by atoms with Crippen molar-refractivity contribution in [3.05, 3.63) is 89.5 Å². The summed E-state index contributed by atoms with van der Waals surface area (Å²) in [6, 6.07) is 19.7. The molecule has 4 rings (SSSR count). The summed E-state index contributed by atoms with van der Waals surface area (Å²) in [4.78, 5) is 31.1. The van der Waals surface area contributed by atoms with E-state index in [0.717, 1.165) is 24.2 Å². The third kappa shape index (κ3) is 6.80. The Labute approximate surface area is 211 Å². The minimum absolute atomic E-state index is 0.0937. The quantitative estimate of drug-likeness (QED) is 0.457. The number of aliphatic carboxylic acids is 1. The molecule has 0 aliphatic carbocycles. The van der Waals surface area contributed by atoms with Crippen LogP contribution < -0.4 is 5.32 Å². The van der Waals surface area contributed by atoms with E-state index in [1.165, 1.54) is 5.56 Å². The maximum atomic E-state index is 13.0. The molecule has 2 aromatic carbocycles. The topological polar surface area (TPSA) is 111 Å². The number of carboxylic acid groups (broad SMARTS) is 1. The van der Waals surface area contributed by atoms with E-state index < -0.39 is 11.9 Å². The number of imidazole rings is 1. The van der Waals surface area contributed by atoms with Crippen molar-refractivity contribution in [2.45, 2.75) is 25.8 Å². The number of nitrogens with one attached hydrogen (secondary N) is 1. The zero-order valence-electron chi connectivity index (χ0n) is 20.2. The maximum absolute atomic E-state index is 13.0. The molecule has 1 aliphatic rings. The highest BCUT2D eigenvalue weighted by atomic mass is 16.4. The molecule has 36 heavy (non-hydrogen) atoms. The number of amides is 1. The van der Waals surface area contributed by atoms with E-state index in [0.29, 0.717) is 44.6 Å². The SMILES string of the molecule is N#Cc1ccc(Cn2cncc2CCNC(=O)[C@@H]2C[C@H](C(=O)O)CN(CCc3ccccc3)C2)cc1. The number of carbonyl (C=O) groups excluding carboxylic acids is 1. The molecule has 1 aromatic heterocycles. The first kappa shape index (κ1) is 25.1. The normalized spacial score (nSPS) is 17.9. The van der Waals surface area contributed by atoms with Gasteiger partial charge in [-0.3, -0.25) is 9.59 Å². The second-order valence-electron chi connectivity index (χ2n) is 9.33. The number of likely N-dealkylation sites (tertiary alicyclic amines) is 1. The summed E-state index contributed by atoms with van der Waals surface area (Å²) < 4.78 is 2.03. The monoisotopic (exact) mass is 485 g/mol. The highest BCUT2D eigenvalue weighted by molar-refractivity contribution is 5.80. The van der Waals surface area contributed by atoms with Crippen LogP contribution in [0, 0.1) is 23.2 Å². The third-order valence-corrected chi connectivity index (χ3v) is 6.72. The molecule has 186 valence electrons.